The predicted molar refractivity (Wildman–Crippen MR) is 130 cm³/mol. The number of nitrogens with one attached hydrogen (secondary N) is 1. The summed E-state index contributed by atoms with van der Waals surface area (Å²) in [6.45, 7) is 1.22. The van der Waals surface area contributed by atoms with E-state index >= 15 is 0 Å². The van der Waals surface area contributed by atoms with E-state index in [1.165, 1.54) is 17.0 Å². The maximum Gasteiger partial charge on any atom is 0.244 e. The second-order valence-corrected chi connectivity index (χ2v) is 10.7. The van der Waals surface area contributed by atoms with Crippen molar-refractivity contribution < 1.29 is 22.4 Å². The summed E-state index contributed by atoms with van der Waals surface area (Å²) in [5.41, 5.74) is 0.997. The van der Waals surface area contributed by atoms with Crippen molar-refractivity contribution in [1.82, 2.24) is 10.2 Å². The van der Waals surface area contributed by atoms with Gasteiger partial charge in [-0.15, -0.1) is 0 Å². The highest BCUT2D eigenvalue weighted by molar-refractivity contribution is 7.92. The zero-order valence-corrected chi connectivity index (χ0v) is 20.4. The number of para-hydroxylation sites is 1. The van der Waals surface area contributed by atoms with Crippen LogP contribution in [0.3, 0.4) is 0 Å². The third-order valence-electron chi connectivity index (χ3n) is 6.11. The summed E-state index contributed by atoms with van der Waals surface area (Å²) in [5, 5.41) is 3.04. The summed E-state index contributed by atoms with van der Waals surface area (Å²) in [5.74, 6) is -1.21. The number of rotatable bonds is 9. The molecule has 2 amide bonds. The molecule has 0 aliphatic heterocycles. The average molecular weight is 490 g/mol. The number of anilines is 1. The van der Waals surface area contributed by atoms with Gasteiger partial charge in [-0.25, -0.2) is 12.8 Å². The molecule has 1 aliphatic carbocycles. The third kappa shape index (κ3) is 7.03. The largest absolute Gasteiger partial charge is 0.352 e. The van der Waals surface area contributed by atoms with Crippen LogP contribution in [-0.4, -0.2) is 50.0 Å². The maximum atomic E-state index is 13.4. The molecule has 0 bridgehead atoms. The molecule has 1 atom stereocenters. The van der Waals surface area contributed by atoms with Crippen molar-refractivity contribution in [3.05, 3.63) is 66.0 Å². The molecule has 2 aromatic carbocycles. The van der Waals surface area contributed by atoms with E-state index in [1.54, 1.807) is 49.4 Å². The van der Waals surface area contributed by atoms with E-state index in [4.69, 9.17) is 0 Å². The van der Waals surface area contributed by atoms with Crippen LogP contribution in [0, 0.1) is 5.82 Å². The molecule has 1 fully saturated rings. The number of hydrogen-bond donors (Lipinski definition) is 1. The van der Waals surface area contributed by atoms with Crippen LogP contribution in [0.5, 0.6) is 0 Å². The second-order valence-electron chi connectivity index (χ2n) is 8.77. The molecule has 0 spiro atoms. The predicted octanol–water partition coefficient (Wildman–Crippen LogP) is 3.46. The van der Waals surface area contributed by atoms with Gasteiger partial charge in [0.1, 0.15) is 18.4 Å². The number of carbonyl (C=O) groups is 2. The van der Waals surface area contributed by atoms with E-state index < -0.39 is 34.3 Å². The summed E-state index contributed by atoms with van der Waals surface area (Å²) < 4.78 is 39.4. The lowest BCUT2D eigenvalue weighted by molar-refractivity contribution is -0.139. The molecule has 0 unspecified atom stereocenters. The Bertz CT molecular complexity index is 1070. The van der Waals surface area contributed by atoms with Crippen LogP contribution >= 0.6 is 0 Å². The molecular weight excluding hydrogens is 457 g/mol. The molecule has 34 heavy (non-hydrogen) atoms. The Balaban J connectivity index is 1.84. The first kappa shape index (κ1) is 25.7. The van der Waals surface area contributed by atoms with Crippen molar-refractivity contribution >= 4 is 27.5 Å². The molecule has 1 saturated carbocycles. The number of hydrogen-bond acceptors (Lipinski definition) is 4. The minimum atomic E-state index is -3.76. The summed E-state index contributed by atoms with van der Waals surface area (Å²) in [6, 6.07) is 13.3. The van der Waals surface area contributed by atoms with Crippen molar-refractivity contribution in [2.75, 3.05) is 17.1 Å². The van der Waals surface area contributed by atoms with E-state index in [0.717, 1.165) is 42.7 Å². The minimum absolute atomic E-state index is 0.0464. The van der Waals surface area contributed by atoms with E-state index in [9.17, 15) is 22.4 Å². The van der Waals surface area contributed by atoms with Gasteiger partial charge in [-0.2, -0.15) is 0 Å². The van der Waals surface area contributed by atoms with E-state index in [0.29, 0.717) is 11.3 Å². The number of sulfonamides is 1. The van der Waals surface area contributed by atoms with Gasteiger partial charge in [-0.1, -0.05) is 49.6 Å². The van der Waals surface area contributed by atoms with E-state index in [2.05, 4.69) is 5.32 Å². The van der Waals surface area contributed by atoms with Crippen LogP contribution < -0.4 is 9.62 Å². The Morgan fingerprint density at radius 3 is 2.24 bits per heavy atom. The first-order valence-electron chi connectivity index (χ1n) is 11.5. The molecule has 2 aromatic rings. The first-order chi connectivity index (χ1) is 16.1. The van der Waals surface area contributed by atoms with Crippen molar-refractivity contribution in [3.63, 3.8) is 0 Å². The molecular formula is C25H32FN3O4S. The fourth-order valence-electron chi connectivity index (χ4n) is 4.15. The van der Waals surface area contributed by atoms with Crippen LogP contribution in [-0.2, 0) is 26.2 Å². The Hall–Kier alpha value is -2.94. The van der Waals surface area contributed by atoms with Crippen molar-refractivity contribution in [2.24, 2.45) is 0 Å². The van der Waals surface area contributed by atoms with Crippen LogP contribution in [0.25, 0.3) is 0 Å². The lowest BCUT2D eigenvalue weighted by Crippen LogP contribution is -2.52. The van der Waals surface area contributed by atoms with Gasteiger partial charge in [-0.3, -0.25) is 13.9 Å². The molecule has 0 saturated heterocycles. The van der Waals surface area contributed by atoms with Gasteiger partial charge in [0.15, 0.2) is 0 Å². The monoisotopic (exact) mass is 489 g/mol. The molecule has 1 N–H and O–H groups in total. The highest BCUT2D eigenvalue weighted by atomic mass is 32.2. The molecule has 1 aliphatic rings. The highest BCUT2D eigenvalue weighted by Gasteiger charge is 2.31. The number of carbonyl (C=O) groups excluding carboxylic acids is 2. The molecule has 184 valence electrons. The Labute approximate surface area is 201 Å². The molecule has 0 aromatic heterocycles. The lowest BCUT2D eigenvalue weighted by atomic mass is 9.95. The summed E-state index contributed by atoms with van der Waals surface area (Å²) in [7, 11) is -3.76. The van der Waals surface area contributed by atoms with Gasteiger partial charge in [0.2, 0.25) is 21.8 Å². The van der Waals surface area contributed by atoms with Crippen LogP contribution in [0.1, 0.15) is 44.6 Å². The zero-order valence-electron chi connectivity index (χ0n) is 19.6. The van der Waals surface area contributed by atoms with Gasteiger partial charge in [0.05, 0.1) is 11.9 Å². The molecule has 0 heterocycles. The number of nitrogens with zero attached hydrogens (tertiary/aromatic N) is 2. The van der Waals surface area contributed by atoms with Crippen LogP contribution in [0.15, 0.2) is 54.6 Å². The smallest absolute Gasteiger partial charge is 0.244 e. The van der Waals surface area contributed by atoms with Crippen LogP contribution in [0.2, 0.25) is 0 Å². The quantitative estimate of drug-likeness (QED) is 0.585. The standard InChI is InChI=1S/C25H32FN3O4S/c1-19(25(31)27-22-9-5-3-6-10-22)28(17-20-13-15-21(26)16-14-20)24(30)18-29(34(2,32)33)23-11-7-4-8-12-23/h4,7-8,11-16,19,22H,3,5-6,9-10,17-18H2,1-2H3,(H,27,31)/t19-/m0/s1. The number of amides is 2. The molecule has 9 heteroatoms. The summed E-state index contributed by atoms with van der Waals surface area (Å²) >= 11 is 0. The minimum Gasteiger partial charge on any atom is -0.352 e. The van der Waals surface area contributed by atoms with Gasteiger partial charge in [-0.05, 0) is 49.6 Å². The van der Waals surface area contributed by atoms with E-state index in [1.807, 2.05) is 0 Å². The summed E-state index contributed by atoms with van der Waals surface area (Å²) in [4.78, 5) is 27.9. The fourth-order valence-corrected chi connectivity index (χ4v) is 5.00. The topological polar surface area (TPSA) is 86.8 Å². The number of benzene rings is 2. The highest BCUT2D eigenvalue weighted by Crippen LogP contribution is 2.20. The number of halogens is 1. The molecule has 7 nitrogen and oxygen atoms in total. The van der Waals surface area contributed by atoms with Crippen LogP contribution in [0.4, 0.5) is 10.1 Å². The maximum absolute atomic E-state index is 13.4. The molecule has 0 radical (unpaired) electrons. The van der Waals surface area contributed by atoms with Crippen molar-refractivity contribution in [1.29, 1.82) is 0 Å². The zero-order chi connectivity index (χ0) is 24.7. The van der Waals surface area contributed by atoms with Gasteiger partial charge in [0, 0.05) is 12.6 Å². The van der Waals surface area contributed by atoms with Crippen molar-refractivity contribution in [2.45, 2.75) is 57.7 Å². The van der Waals surface area contributed by atoms with E-state index in [-0.39, 0.29) is 18.5 Å². The molecule has 3 rings (SSSR count). The van der Waals surface area contributed by atoms with Gasteiger partial charge >= 0.3 is 0 Å². The first-order valence-corrected chi connectivity index (χ1v) is 13.4. The fraction of sp³-hybridized carbons (Fsp3) is 0.440. The SMILES string of the molecule is C[C@@H](C(=O)NC1CCCCC1)N(Cc1ccc(F)cc1)C(=O)CN(c1ccccc1)S(C)(=O)=O. The van der Waals surface area contributed by atoms with Gasteiger partial charge in [0.25, 0.3) is 0 Å². The summed E-state index contributed by atoms with van der Waals surface area (Å²) in [6.07, 6.45) is 6.10. The third-order valence-corrected chi connectivity index (χ3v) is 7.25. The Morgan fingerprint density at radius 2 is 1.65 bits per heavy atom. The second kappa shape index (κ2) is 11.5. The Morgan fingerprint density at radius 1 is 1.03 bits per heavy atom. The van der Waals surface area contributed by atoms with Crippen molar-refractivity contribution in [3.8, 4) is 0 Å². The average Bonchev–Trinajstić information content (AvgIpc) is 2.82. The Kier molecular flexibility index (Phi) is 8.66. The normalized spacial score (nSPS) is 15.4. The van der Waals surface area contributed by atoms with Gasteiger partial charge < -0.3 is 10.2 Å². The lowest BCUT2D eigenvalue weighted by Gasteiger charge is -2.33.